The van der Waals surface area contributed by atoms with Crippen molar-refractivity contribution in [3.05, 3.63) is 60.4 Å². The molecule has 0 bridgehead atoms. The normalized spacial score (nSPS) is 12.1. The van der Waals surface area contributed by atoms with Crippen LogP contribution in [0.2, 0.25) is 0 Å². The van der Waals surface area contributed by atoms with Gasteiger partial charge in [0.25, 0.3) is 5.88 Å². The van der Waals surface area contributed by atoms with Crippen LogP contribution >= 0.6 is 0 Å². The maximum Gasteiger partial charge on any atom is 0.255 e. The van der Waals surface area contributed by atoms with Crippen LogP contribution in [-0.4, -0.2) is 53.1 Å². The lowest BCUT2D eigenvalue weighted by Gasteiger charge is -2.07. The van der Waals surface area contributed by atoms with Crippen molar-refractivity contribution >= 4 is 0 Å². The quantitative estimate of drug-likeness (QED) is 0.424. The molecule has 29 heavy (non-hydrogen) atoms. The van der Waals surface area contributed by atoms with Gasteiger partial charge in [-0.25, -0.2) is 9.37 Å². The molecule has 0 aliphatic heterocycles. The number of halogens is 1. The number of ether oxygens (including phenoxy) is 1. The van der Waals surface area contributed by atoms with Crippen molar-refractivity contribution in [3.63, 3.8) is 0 Å². The number of H-pyrrole nitrogens is 1. The molecule has 0 saturated carbocycles. The molecule has 4 N–H and O–H groups in total. The lowest BCUT2D eigenvalue weighted by molar-refractivity contribution is 0.264. The second-order valence-corrected chi connectivity index (χ2v) is 6.22. The number of aromatic amines is 1. The summed E-state index contributed by atoms with van der Waals surface area (Å²) in [6.07, 6.45) is 3.39. The van der Waals surface area contributed by atoms with E-state index in [0.29, 0.717) is 34.9 Å². The molecule has 0 radical (unpaired) electrons. The van der Waals surface area contributed by atoms with Gasteiger partial charge in [0.05, 0.1) is 18.0 Å². The average molecular weight is 396 g/mol. The summed E-state index contributed by atoms with van der Waals surface area (Å²) < 4.78 is 19.8. The largest absolute Gasteiger partial charge is 0.436 e. The van der Waals surface area contributed by atoms with Crippen LogP contribution in [0.15, 0.2) is 48.8 Å². The predicted molar refractivity (Wildman–Crippen MR) is 99.8 cm³/mol. The molecule has 10 nitrogen and oxygen atoms in total. The van der Waals surface area contributed by atoms with Crippen LogP contribution in [0.3, 0.4) is 0 Å². The Labute approximate surface area is 164 Å². The second-order valence-electron chi connectivity index (χ2n) is 6.22. The number of hydrogen-bond acceptors (Lipinski definition) is 8. The first-order chi connectivity index (χ1) is 14.1. The molecule has 0 spiro atoms. The predicted octanol–water partition coefficient (Wildman–Crippen LogP) is 1.24. The molecule has 0 fully saturated rings. The van der Waals surface area contributed by atoms with Gasteiger partial charge in [0.1, 0.15) is 5.75 Å². The third-order valence-electron chi connectivity index (χ3n) is 4.04. The van der Waals surface area contributed by atoms with E-state index in [9.17, 15) is 4.39 Å². The van der Waals surface area contributed by atoms with E-state index in [4.69, 9.17) is 15.6 Å². The van der Waals surface area contributed by atoms with Gasteiger partial charge in [-0.15, -0.1) is 15.0 Å². The Kier molecular flexibility index (Phi) is 5.22. The van der Waals surface area contributed by atoms with Crippen LogP contribution in [0, 0.1) is 5.82 Å². The highest BCUT2D eigenvalue weighted by Gasteiger charge is 2.12. The van der Waals surface area contributed by atoms with Crippen LogP contribution in [0.5, 0.6) is 11.6 Å². The number of tetrazole rings is 1. The number of nitrogens with two attached hydrogens (primary N) is 1. The first-order valence-corrected chi connectivity index (χ1v) is 8.71. The van der Waals surface area contributed by atoms with Gasteiger partial charge < -0.3 is 15.6 Å². The molecule has 11 heteroatoms. The number of rotatable bonds is 7. The summed E-state index contributed by atoms with van der Waals surface area (Å²) in [5.74, 6) is 0.0942. The topological polar surface area (TPSA) is 141 Å². The van der Waals surface area contributed by atoms with E-state index in [1.165, 1.54) is 17.1 Å². The van der Waals surface area contributed by atoms with Crippen molar-refractivity contribution in [2.75, 3.05) is 6.61 Å². The van der Waals surface area contributed by atoms with Crippen molar-refractivity contribution in [2.24, 2.45) is 5.73 Å². The van der Waals surface area contributed by atoms with Gasteiger partial charge in [-0.1, -0.05) is 0 Å². The van der Waals surface area contributed by atoms with Gasteiger partial charge >= 0.3 is 0 Å². The minimum Gasteiger partial charge on any atom is -0.436 e. The minimum atomic E-state index is -0.594. The average Bonchev–Trinajstić information content (AvgIpc) is 3.42. The van der Waals surface area contributed by atoms with Crippen molar-refractivity contribution in [3.8, 4) is 28.6 Å². The van der Waals surface area contributed by atoms with E-state index < -0.39 is 11.9 Å². The van der Waals surface area contributed by atoms with Crippen LogP contribution in [0.1, 0.15) is 5.82 Å². The van der Waals surface area contributed by atoms with Crippen LogP contribution in [0.4, 0.5) is 4.39 Å². The van der Waals surface area contributed by atoms with Crippen molar-refractivity contribution < 1.29 is 14.2 Å². The third kappa shape index (κ3) is 4.25. The number of aliphatic hydroxyl groups excluding tert-OH is 1. The van der Waals surface area contributed by atoms with Crippen molar-refractivity contribution in [1.82, 2.24) is 35.4 Å². The molecule has 0 aliphatic carbocycles. The van der Waals surface area contributed by atoms with Gasteiger partial charge in [0.15, 0.2) is 11.6 Å². The van der Waals surface area contributed by atoms with Gasteiger partial charge in [-0.05, 0) is 41.6 Å². The molecule has 1 aromatic carbocycles. The van der Waals surface area contributed by atoms with E-state index >= 15 is 0 Å². The van der Waals surface area contributed by atoms with Gasteiger partial charge in [0.2, 0.25) is 0 Å². The summed E-state index contributed by atoms with van der Waals surface area (Å²) in [7, 11) is 0. The number of hydrogen-bond donors (Lipinski definition) is 3. The Balaban J connectivity index is 1.46. The Bertz CT molecular complexity index is 1080. The van der Waals surface area contributed by atoms with Gasteiger partial charge in [-0.2, -0.15) is 5.10 Å². The molecule has 0 saturated heterocycles. The maximum absolute atomic E-state index is 14.3. The summed E-state index contributed by atoms with van der Waals surface area (Å²) >= 11 is 0. The van der Waals surface area contributed by atoms with Crippen molar-refractivity contribution in [1.29, 1.82) is 0 Å². The smallest absolute Gasteiger partial charge is 0.255 e. The summed E-state index contributed by atoms with van der Waals surface area (Å²) in [5, 5.41) is 27.6. The third-order valence-corrected chi connectivity index (χ3v) is 4.04. The lowest BCUT2D eigenvalue weighted by Crippen LogP contribution is -2.27. The lowest BCUT2D eigenvalue weighted by atomic mass is 10.2. The zero-order valence-electron chi connectivity index (χ0n) is 15.1. The molecule has 1 unspecified atom stereocenters. The van der Waals surface area contributed by atoms with Crippen LogP contribution < -0.4 is 10.5 Å². The molecule has 3 aromatic heterocycles. The zero-order valence-corrected chi connectivity index (χ0v) is 15.1. The molecule has 3 heterocycles. The van der Waals surface area contributed by atoms with Crippen LogP contribution in [0.25, 0.3) is 16.9 Å². The number of aromatic nitrogens is 7. The molecule has 0 amide bonds. The molecule has 148 valence electrons. The Morgan fingerprint density at radius 2 is 2.07 bits per heavy atom. The van der Waals surface area contributed by atoms with E-state index in [2.05, 4.69) is 30.6 Å². The highest BCUT2D eigenvalue weighted by molar-refractivity contribution is 5.57. The summed E-state index contributed by atoms with van der Waals surface area (Å²) in [5.41, 5.74) is 7.53. The monoisotopic (exact) mass is 396 g/mol. The highest BCUT2D eigenvalue weighted by Crippen LogP contribution is 2.26. The Hall–Kier alpha value is -3.70. The molecule has 1 atom stereocenters. The SMILES string of the molecule is NC(CO)Cc1nnn(-c2ccc(Oc3ncc(-c4ccn[nH]4)cc3F)cc2)n1. The molecule has 0 aliphatic rings. The summed E-state index contributed by atoms with van der Waals surface area (Å²) in [6, 6.07) is 9.28. The summed E-state index contributed by atoms with van der Waals surface area (Å²) in [4.78, 5) is 5.37. The Morgan fingerprint density at radius 3 is 2.76 bits per heavy atom. The summed E-state index contributed by atoms with van der Waals surface area (Å²) in [6.45, 7) is -0.159. The minimum absolute atomic E-state index is 0.139. The van der Waals surface area contributed by atoms with Crippen molar-refractivity contribution in [2.45, 2.75) is 12.5 Å². The Morgan fingerprint density at radius 1 is 1.24 bits per heavy atom. The number of benzene rings is 1. The fraction of sp³-hybridized carbons (Fsp3) is 0.167. The molecule has 4 rings (SSSR count). The van der Waals surface area contributed by atoms with E-state index in [-0.39, 0.29) is 12.5 Å². The maximum atomic E-state index is 14.3. The van der Waals surface area contributed by atoms with Gasteiger partial charge in [0, 0.05) is 30.4 Å². The van der Waals surface area contributed by atoms with E-state index in [1.807, 2.05) is 0 Å². The van der Waals surface area contributed by atoms with Gasteiger partial charge in [-0.3, -0.25) is 5.10 Å². The van der Waals surface area contributed by atoms with E-state index in [0.717, 1.165) is 0 Å². The zero-order chi connectivity index (χ0) is 20.2. The van der Waals surface area contributed by atoms with E-state index in [1.54, 1.807) is 36.5 Å². The fourth-order valence-electron chi connectivity index (χ4n) is 2.56. The number of nitrogens with one attached hydrogen (secondary N) is 1. The standard InChI is InChI=1S/C18H17FN8O2/c19-15-7-11(16-5-6-22-23-16)9-21-18(15)29-14-3-1-13(2-4-14)27-25-17(24-26-27)8-12(20)10-28/h1-7,9,12,28H,8,10,20H2,(H,22,23). The number of nitrogens with zero attached hydrogens (tertiary/aromatic N) is 6. The number of pyridine rings is 1. The highest BCUT2D eigenvalue weighted by atomic mass is 19.1. The first-order valence-electron chi connectivity index (χ1n) is 8.71. The fourth-order valence-corrected chi connectivity index (χ4v) is 2.56. The molecule has 4 aromatic rings. The first kappa shape index (κ1) is 18.7. The van der Waals surface area contributed by atoms with Crippen LogP contribution in [-0.2, 0) is 6.42 Å². The second kappa shape index (κ2) is 8.12. The number of aliphatic hydroxyl groups is 1. The molecular formula is C18H17FN8O2. The molecular weight excluding hydrogens is 379 g/mol.